The summed E-state index contributed by atoms with van der Waals surface area (Å²) in [5.41, 5.74) is 2.71. The number of aryl methyl sites for hydroxylation is 2. The molecule has 0 unspecified atom stereocenters. The van der Waals surface area contributed by atoms with Gasteiger partial charge in [0.05, 0.1) is 5.69 Å². The molecule has 0 aromatic carbocycles. The number of fused-ring (bicyclic) bond motifs is 1. The van der Waals surface area contributed by atoms with Gasteiger partial charge in [-0.05, 0) is 56.5 Å². The summed E-state index contributed by atoms with van der Waals surface area (Å²) in [6.07, 6.45) is 10.4. The molecule has 4 heterocycles. The van der Waals surface area contributed by atoms with Gasteiger partial charge >= 0.3 is 0 Å². The van der Waals surface area contributed by atoms with Crippen molar-refractivity contribution in [3.63, 3.8) is 0 Å². The summed E-state index contributed by atoms with van der Waals surface area (Å²) in [5, 5.41) is 4.31. The number of likely N-dealkylation sites (tertiary alicyclic amines) is 1. The van der Waals surface area contributed by atoms with Crippen LogP contribution in [0.15, 0.2) is 47.7 Å². The number of hydrogen-bond donors (Lipinski definition) is 0. The summed E-state index contributed by atoms with van der Waals surface area (Å²) in [6.45, 7) is 4.76. The largest absolute Gasteiger partial charge is 0.294 e. The Kier molecular flexibility index (Phi) is 4.84. The van der Waals surface area contributed by atoms with E-state index in [1.807, 2.05) is 42.2 Å². The molecule has 0 radical (unpaired) electrons. The Hall–Kier alpha value is -2.47. The van der Waals surface area contributed by atoms with Crippen molar-refractivity contribution in [1.29, 1.82) is 0 Å². The summed E-state index contributed by atoms with van der Waals surface area (Å²) in [6, 6.07) is 8.07. The SMILES string of the molecule is Cc1ccn2c(=O)cc(CN3CCCC[C@@H]3CCn3cccn3)nc2c1. The van der Waals surface area contributed by atoms with Crippen LogP contribution in [-0.2, 0) is 13.1 Å². The quantitative estimate of drug-likeness (QED) is 0.709. The minimum Gasteiger partial charge on any atom is -0.294 e. The molecular weight excluding hydrogens is 326 g/mol. The van der Waals surface area contributed by atoms with Gasteiger partial charge in [0.2, 0.25) is 0 Å². The average Bonchev–Trinajstić information content (AvgIpc) is 3.14. The van der Waals surface area contributed by atoms with Gasteiger partial charge in [0.1, 0.15) is 5.65 Å². The summed E-state index contributed by atoms with van der Waals surface area (Å²) < 4.78 is 3.61. The summed E-state index contributed by atoms with van der Waals surface area (Å²) in [7, 11) is 0. The first-order valence-electron chi connectivity index (χ1n) is 9.39. The lowest BCUT2D eigenvalue weighted by molar-refractivity contribution is 0.126. The zero-order valence-electron chi connectivity index (χ0n) is 15.2. The van der Waals surface area contributed by atoms with Gasteiger partial charge in [0, 0.05) is 43.8 Å². The van der Waals surface area contributed by atoms with E-state index in [-0.39, 0.29) is 5.56 Å². The number of nitrogens with zero attached hydrogens (tertiary/aromatic N) is 5. The zero-order valence-corrected chi connectivity index (χ0v) is 15.2. The smallest absolute Gasteiger partial charge is 0.258 e. The van der Waals surface area contributed by atoms with Gasteiger partial charge in [0.25, 0.3) is 5.56 Å². The standard InChI is InChI=1S/C20H25N5O/c1-16-6-12-25-19(13-16)22-17(14-20(25)26)15-23-9-3-2-5-18(23)7-11-24-10-4-8-21-24/h4,6,8,10,12-14,18H,2-3,5,7,9,11,15H2,1H3/t18-/m1/s1. The second-order valence-corrected chi connectivity index (χ2v) is 7.20. The fourth-order valence-corrected chi connectivity index (χ4v) is 3.85. The van der Waals surface area contributed by atoms with E-state index in [0.717, 1.165) is 43.0 Å². The van der Waals surface area contributed by atoms with E-state index in [9.17, 15) is 4.79 Å². The van der Waals surface area contributed by atoms with Crippen molar-refractivity contribution >= 4 is 5.65 Å². The molecule has 1 aliphatic heterocycles. The topological polar surface area (TPSA) is 55.4 Å². The molecule has 0 bridgehead atoms. The van der Waals surface area contributed by atoms with Gasteiger partial charge < -0.3 is 0 Å². The van der Waals surface area contributed by atoms with Gasteiger partial charge in [-0.2, -0.15) is 5.10 Å². The van der Waals surface area contributed by atoms with Crippen LogP contribution in [-0.4, -0.2) is 36.7 Å². The van der Waals surface area contributed by atoms with E-state index in [0.29, 0.717) is 6.04 Å². The monoisotopic (exact) mass is 351 g/mol. The van der Waals surface area contributed by atoms with Crippen molar-refractivity contribution in [1.82, 2.24) is 24.1 Å². The molecule has 1 atom stereocenters. The highest BCUT2D eigenvalue weighted by atomic mass is 16.1. The van der Waals surface area contributed by atoms with Crippen LogP contribution in [0.4, 0.5) is 0 Å². The Morgan fingerprint density at radius 3 is 3.00 bits per heavy atom. The first kappa shape index (κ1) is 17.0. The molecule has 3 aromatic heterocycles. The maximum Gasteiger partial charge on any atom is 0.258 e. The van der Waals surface area contributed by atoms with E-state index < -0.39 is 0 Å². The van der Waals surface area contributed by atoms with Crippen LogP contribution in [0.3, 0.4) is 0 Å². The van der Waals surface area contributed by atoms with Crippen LogP contribution in [0.25, 0.3) is 5.65 Å². The lowest BCUT2D eigenvalue weighted by atomic mass is 9.99. The second kappa shape index (κ2) is 7.41. The van der Waals surface area contributed by atoms with E-state index >= 15 is 0 Å². The summed E-state index contributed by atoms with van der Waals surface area (Å²) in [5.74, 6) is 0. The van der Waals surface area contributed by atoms with E-state index in [2.05, 4.69) is 10.00 Å². The molecular formula is C20H25N5O. The Balaban J connectivity index is 1.52. The first-order chi connectivity index (χ1) is 12.7. The zero-order chi connectivity index (χ0) is 17.9. The molecule has 26 heavy (non-hydrogen) atoms. The fourth-order valence-electron chi connectivity index (χ4n) is 3.85. The molecule has 136 valence electrons. The number of hydrogen-bond acceptors (Lipinski definition) is 4. The van der Waals surface area contributed by atoms with Gasteiger partial charge in [-0.15, -0.1) is 0 Å². The van der Waals surface area contributed by atoms with Crippen molar-refractivity contribution in [2.75, 3.05) is 6.54 Å². The maximum atomic E-state index is 12.4. The Morgan fingerprint density at radius 2 is 2.15 bits per heavy atom. The van der Waals surface area contributed by atoms with Crippen molar-refractivity contribution in [3.8, 4) is 0 Å². The van der Waals surface area contributed by atoms with Crippen molar-refractivity contribution in [3.05, 3.63) is 64.5 Å². The number of piperidine rings is 1. The molecule has 0 spiro atoms. The van der Waals surface area contributed by atoms with E-state index in [4.69, 9.17) is 4.98 Å². The third-order valence-corrected chi connectivity index (χ3v) is 5.24. The number of aromatic nitrogens is 4. The predicted octanol–water partition coefficient (Wildman–Crippen LogP) is 2.64. The molecule has 0 saturated carbocycles. The molecule has 0 amide bonds. The molecule has 1 aliphatic rings. The normalized spacial score (nSPS) is 18.4. The third-order valence-electron chi connectivity index (χ3n) is 5.24. The molecule has 6 heteroatoms. The molecule has 0 N–H and O–H groups in total. The lowest BCUT2D eigenvalue weighted by Gasteiger charge is -2.35. The van der Waals surface area contributed by atoms with Gasteiger partial charge in [-0.3, -0.25) is 18.8 Å². The number of rotatable bonds is 5. The van der Waals surface area contributed by atoms with Crippen LogP contribution in [0.1, 0.15) is 36.9 Å². The highest BCUT2D eigenvalue weighted by Gasteiger charge is 2.23. The molecule has 1 saturated heterocycles. The van der Waals surface area contributed by atoms with Crippen LogP contribution in [0, 0.1) is 6.92 Å². The molecule has 1 fully saturated rings. The highest BCUT2D eigenvalue weighted by molar-refractivity contribution is 5.41. The molecule has 3 aromatic rings. The van der Waals surface area contributed by atoms with Crippen LogP contribution >= 0.6 is 0 Å². The number of pyridine rings is 1. The van der Waals surface area contributed by atoms with Crippen molar-refractivity contribution in [2.45, 2.75) is 51.7 Å². The summed E-state index contributed by atoms with van der Waals surface area (Å²) >= 11 is 0. The van der Waals surface area contributed by atoms with E-state index in [1.54, 1.807) is 16.7 Å². The van der Waals surface area contributed by atoms with Crippen molar-refractivity contribution < 1.29 is 0 Å². The fraction of sp³-hybridized carbons (Fsp3) is 0.450. The van der Waals surface area contributed by atoms with Gasteiger partial charge in [-0.1, -0.05) is 6.42 Å². The highest BCUT2D eigenvalue weighted by Crippen LogP contribution is 2.22. The predicted molar refractivity (Wildman–Crippen MR) is 101 cm³/mol. The average molecular weight is 351 g/mol. The van der Waals surface area contributed by atoms with Crippen LogP contribution in [0.5, 0.6) is 0 Å². The Morgan fingerprint density at radius 1 is 1.23 bits per heavy atom. The van der Waals surface area contributed by atoms with E-state index in [1.165, 1.54) is 19.3 Å². The minimum atomic E-state index is -0.00454. The molecule has 4 rings (SSSR count). The lowest BCUT2D eigenvalue weighted by Crippen LogP contribution is -2.40. The minimum absolute atomic E-state index is 0.00454. The maximum absolute atomic E-state index is 12.4. The van der Waals surface area contributed by atoms with Crippen molar-refractivity contribution in [2.24, 2.45) is 0 Å². The van der Waals surface area contributed by atoms with Gasteiger partial charge in [-0.25, -0.2) is 4.98 Å². The Bertz CT molecular complexity index is 931. The second-order valence-electron chi connectivity index (χ2n) is 7.20. The molecule has 6 nitrogen and oxygen atoms in total. The Labute approximate surface area is 153 Å². The summed E-state index contributed by atoms with van der Waals surface area (Å²) in [4.78, 5) is 19.6. The van der Waals surface area contributed by atoms with Gasteiger partial charge in [0.15, 0.2) is 0 Å². The van der Waals surface area contributed by atoms with Crippen LogP contribution < -0.4 is 5.56 Å². The first-order valence-corrected chi connectivity index (χ1v) is 9.39. The van der Waals surface area contributed by atoms with Crippen LogP contribution in [0.2, 0.25) is 0 Å². The molecule has 0 aliphatic carbocycles. The third kappa shape index (κ3) is 3.70.